The molecule has 0 spiro atoms. The second-order valence-electron chi connectivity index (χ2n) is 4.33. The third-order valence-electron chi connectivity index (χ3n) is 2.62. The molecule has 1 nitrogen and oxygen atoms in total. The maximum absolute atomic E-state index is 3.70. The van der Waals surface area contributed by atoms with Crippen molar-refractivity contribution in [3.63, 3.8) is 0 Å². The molecule has 0 heterocycles. The van der Waals surface area contributed by atoms with Gasteiger partial charge < -0.3 is 5.32 Å². The molecule has 1 rings (SSSR count). The van der Waals surface area contributed by atoms with E-state index >= 15 is 0 Å². The highest BCUT2D eigenvalue weighted by molar-refractivity contribution is 7.99. The van der Waals surface area contributed by atoms with E-state index < -0.39 is 0 Å². The standard InChI is InChI=1S/C11H23NS/c1-4-13-11-7-5-6-10(11)12-8-9(2)3/h9-12H,4-8H2,1-3H3. The Morgan fingerprint density at radius 2 is 2.15 bits per heavy atom. The lowest BCUT2D eigenvalue weighted by atomic mass is 10.2. The van der Waals surface area contributed by atoms with E-state index in [1.807, 2.05) is 0 Å². The topological polar surface area (TPSA) is 12.0 Å². The van der Waals surface area contributed by atoms with Crippen LogP contribution in [-0.4, -0.2) is 23.6 Å². The Kier molecular flexibility index (Phi) is 5.18. The van der Waals surface area contributed by atoms with Gasteiger partial charge in [0.15, 0.2) is 0 Å². The Morgan fingerprint density at radius 3 is 2.77 bits per heavy atom. The molecular formula is C11H23NS. The van der Waals surface area contributed by atoms with Crippen LogP contribution in [0.1, 0.15) is 40.0 Å². The van der Waals surface area contributed by atoms with Crippen LogP contribution in [0.25, 0.3) is 0 Å². The second kappa shape index (κ2) is 5.92. The Hall–Kier alpha value is 0.310. The summed E-state index contributed by atoms with van der Waals surface area (Å²) >= 11 is 2.14. The first kappa shape index (κ1) is 11.4. The summed E-state index contributed by atoms with van der Waals surface area (Å²) < 4.78 is 0. The van der Waals surface area contributed by atoms with Gasteiger partial charge in [-0.3, -0.25) is 0 Å². The lowest BCUT2D eigenvalue weighted by Crippen LogP contribution is -2.36. The van der Waals surface area contributed by atoms with Gasteiger partial charge in [-0.2, -0.15) is 11.8 Å². The number of rotatable bonds is 5. The van der Waals surface area contributed by atoms with Crippen LogP contribution in [0.4, 0.5) is 0 Å². The summed E-state index contributed by atoms with van der Waals surface area (Å²) in [6.45, 7) is 8.02. The summed E-state index contributed by atoms with van der Waals surface area (Å²) in [5, 5.41) is 4.59. The zero-order valence-corrected chi connectivity index (χ0v) is 9.99. The maximum Gasteiger partial charge on any atom is 0.0201 e. The molecule has 0 aromatic heterocycles. The molecule has 2 atom stereocenters. The highest BCUT2D eigenvalue weighted by Crippen LogP contribution is 2.29. The van der Waals surface area contributed by atoms with E-state index in [-0.39, 0.29) is 0 Å². The number of thioether (sulfide) groups is 1. The SMILES string of the molecule is CCSC1CCCC1NCC(C)C. The van der Waals surface area contributed by atoms with Crippen LogP contribution in [0, 0.1) is 5.92 Å². The molecule has 1 N–H and O–H groups in total. The molecule has 2 unspecified atom stereocenters. The minimum Gasteiger partial charge on any atom is -0.313 e. The number of nitrogens with one attached hydrogen (secondary N) is 1. The number of hydrogen-bond donors (Lipinski definition) is 1. The Labute approximate surface area is 87.1 Å². The Balaban J connectivity index is 2.22. The summed E-state index contributed by atoms with van der Waals surface area (Å²) in [5.74, 6) is 2.05. The van der Waals surface area contributed by atoms with E-state index in [1.54, 1.807) is 0 Å². The fourth-order valence-corrected chi connectivity index (χ4v) is 3.19. The van der Waals surface area contributed by atoms with Gasteiger partial charge in [0.05, 0.1) is 0 Å². The third-order valence-corrected chi connectivity index (χ3v) is 3.95. The van der Waals surface area contributed by atoms with Crippen LogP contribution in [0.2, 0.25) is 0 Å². The molecule has 0 aliphatic heterocycles. The summed E-state index contributed by atoms with van der Waals surface area (Å²) in [6.07, 6.45) is 4.24. The molecule has 13 heavy (non-hydrogen) atoms. The van der Waals surface area contributed by atoms with Crippen molar-refractivity contribution < 1.29 is 0 Å². The van der Waals surface area contributed by atoms with Gasteiger partial charge in [0.1, 0.15) is 0 Å². The first-order valence-corrected chi connectivity index (χ1v) is 6.64. The molecule has 0 bridgehead atoms. The van der Waals surface area contributed by atoms with E-state index in [9.17, 15) is 0 Å². The summed E-state index contributed by atoms with van der Waals surface area (Å²) in [5.41, 5.74) is 0. The summed E-state index contributed by atoms with van der Waals surface area (Å²) in [7, 11) is 0. The van der Waals surface area contributed by atoms with Crippen LogP contribution in [0.15, 0.2) is 0 Å². The largest absolute Gasteiger partial charge is 0.313 e. The van der Waals surface area contributed by atoms with Gasteiger partial charge in [-0.05, 0) is 31.1 Å². The van der Waals surface area contributed by atoms with Gasteiger partial charge in [-0.25, -0.2) is 0 Å². The molecule has 1 aliphatic rings. The molecule has 0 aromatic carbocycles. The van der Waals surface area contributed by atoms with Crippen LogP contribution in [0.3, 0.4) is 0 Å². The summed E-state index contributed by atoms with van der Waals surface area (Å²) in [4.78, 5) is 0. The van der Waals surface area contributed by atoms with Crippen LogP contribution >= 0.6 is 11.8 Å². The molecular weight excluding hydrogens is 178 g/mol. The molecule has 78 valence electrons. The molecule has 0 amide bonds. The van der Waals surface area contributed by atoms with Crippen molar-refractivity contribution in [1.82, 2.24) is 5.32 Å². The Morgan fingerprint density at radius 1 is 1.38 bits per heavy atom. The number of hydrogen-bond acceptors (Lipinski definition) is 2. The minimum atomic E-state index is 0.785. The van der Waals surface area contributed by atoms with E-state index in [4.69, 9.17) is 0 Å². The molecule has 1 aliphatic carbocycles. The third kappa shape index (κ3) is 3.90. The quantitative estimate of drug-likeness (QED) is 0.734. The molecule has 0 saturated heterocycles. The lowest BCUT2D eigenvalue weighted by Gasteiger charge is -2.21. The second-order valence-corrected chi connectivity index (χ2v) is 5.85. The van der Waals surface area contributed by atoms with Crippen molar-refractivity contribution >= 4 is 11.8 Å². The van der Waals surface area contributed by atoms with E-state index in [2.05, 4.69) is 37.8 Å². The van der Waals surface area contributed by atoms with Crippen molar-refractivity contribution in [2.24, 2.45) is 5.92 Å². The predicted molar refractivity (Wildman–Crippen MR) is 62.4 cm³/mol. The van der Waals surface area contributed by atoms with Crippen molar-refractivity contribution in [3.05, 3.63) is 0 Å². The van der Waals surface area contributed by atoms with Crippen LogP contribution in [-0.2, 0) is 0 Å². The predicted octanol–water partition coefficient (Wildman–Crippen LogP) is 2.91. The van der Waals surface area contributed by atoms with E-state index in [0.29, 0.717) is 0 Å². The normalized spacial score (nSPS) is 28.6. The molecule has 0 aromatic rings. The Bertz CT molecular complexity index is 136. The van der Waals surface area contributed by atoms with Gasteiger partial charge >= 0.3 is 0 Å². The highest BCUT2D eigenvalue weighted by atomic mass is 32.2. The van der Waals surface area contributed by atoms with Gasteiger partial charge in [0.2, 0.25) is 0 Å². The first-order valence-electron chi connectivity index (χ1n) is 5.59. The molecule has 1 saturated carbocycles. The van der Waals surface area contributed by atoms with Gasteiger partial charge in [0, 0.05) is 11.3 Å². The van der Waals surface area contributed by atoms with Crippen LogP contribution < -0.4 is 5.32 Å². The maximum atomic E-state index is 3.70. The zero-order valence-electron chi connectivity index (χ0n) is 9.18. The summed E-state index contributed by atoms with van der Waals surface area (Å²) in [6, 6.07) is 0.798. The van der Waals surface area contributed by atoms with Crippen LogP contribution in [0.5, 0.6) is 0 Å². The van der Waals surface area contributed by atoms with Crippen molar-refractivity contribution in [2.75, 3.05) is 12.3 Å². The van der Waals surface area contributed by atoms with Crippen molar-refractivity contribution in [2.45, 2.75) is 51.3 Å². The smallest absolute Gasteiger partial charge is 0.0201 e. The van der Waals surface area contributed by atoms with Gasteiger partial charge in [-0.1, -0.05) is 27.2 Å². The lowest BCUT2D eigenvalue weighted by molar-refractivity contribution is 0.474. The average molecular weight is 201 g/mol. The fourth-order valence-electron chi connectivity index (χ4n) is 1.96. The fraction of sp³-hybridized carbons (Fsp3) is 1.00. The minimum absolute atomic E-state index is 0.785. The van der Waals surface area contributed by atoms with E-state index in [0.717, 1.165) is 17.2 Å². The molecule has 1 fully saturated rings. The highest BCUT2D eigenvalue weighted by Gasteiger charge is 2.26. The van der Waals surface area contributed by atoms with Gasteiger partial charge in [0.25, 0.3) is 0 Å². The van der Waals surface area contributed by atoms with Crippen molar-refractivity contribution in [3.8, 4) is 0 Å². The van der Waals surface area contributed by atoms with Crippen molar-refractivity contribution in [1.29, 1.82) is 0 Å². The average Bonchev–Trinajstić information content (AvgIpc) is 2.49. The monoisotopic (exact) mass is 201 g/mol. The first-order chi connectivity index (χ1) is 6.24. The van der Waals surface area contributed by atoms with Gasteiger partial charge in [-0.15, -0.1) is 0 Å². The zero-order chi connectivity index (χ0) is 9.68. The van der Waals surface area contributed by atoms with E-state index in [1.165, 1.54) is 31.6 Å². The molecule has 0 radical (unpaired) electrons. The molecule has 2 heteroatoms.